The van der Waals surface area contributed by atoms with Crippen molar-refractivity contribution >= 4 is 29.1 Å². The van der Waals surface area contributed by atoms with Crippen LogP contribution in [-0.4, -0.2) is 26.3 Å². The number of nitrogens with zero attached hydrogens (tertiary/aromatic N) is 3. The summed E-state index contributed by atoms with van der Waals surface area (Å²) < 4.78 is 2.06. The molecule has 0 aliphatic heterocycles. The number of carbonyl (C=O) groups excluding carboxylic acids is 1. The number of thioether (sulfide) groups is 1. The lowest BCUT2D eigenvalue weighted by Crippen LogP contribution is -2.04. The molecule has 0 atom stereocenters. The Balaban J connectivity index is 1.63. The minimum absolute atomic E-state index is 0.0759. The molecule has 1 saturated carbocycles. The number of aromatic nitrogens is 3. The monoisotopic (exact) mass is 293 g/mol. The van der Waals surface area contributed by atoms with Crippen LogP contribution in [0.15, 0.2) is 35.7 Å². The Hall–Kier alpha value is -1.33. The molecular formula is C13H12ClN3OS. The quantitative estimate of drug-likeness (QED) is 0.627. The van der Waals surface area contributed by atoms with Crippen LogP contribution < -0.4 is 0 Å². The third-order valence-electron chi connectivity index (χ3n) is 2.98. The summed E-state index contributed by atoms with van der Waals surface area (Å²) in [6.07, 6.45) is 4.10. The van der Waals surface area contributed by atoms with Gasteiger partial charge in [-0.2, -0.15) is 0 Å². The van der Waals surface area contributed by atoms with E-state index < -0.39 is 0 Å². The summed E-state index contributed by atoms with van der Waals surface area (Å²) in [5.41, 5.74) is 0.675. The smallest absolute Gasteiger partial charge is 0.191 e. The Kier molecular flexibility index (Phi) is 3.57. The van der Waals surface area contributed by atoms with E-state index >= 15 is 0 Å². The minimum atomic E-state index is 0.0759. The van der Waals surface area contributed by atoms with Gasteiger partial charge in [-0.25, -0.2) is 0 Å². The molecule has 98 valence electrons. The number of halogens is 1. The molecule has 19 heavy (non-hydrogen) atoms. The average molecular weight is 294 g/mol. The van der Waals surface area contributed by atoms with Crippen molar-refractivity contribution in [2.45, 2.75) is 24.0 Å². The van der Waals surface area contributed by atoms with E-state index in [1.54, 1.807) is 30.6 Å². The first-order chi connectivity index (χ1) is 9.24. The highest BCUT2D eigenvalue weighted by molar-refractivity contribution is 7.99. The van der Waals surface area contributed by atoms with Gasteiger partial charge < -0.3 is 4.57 Å². The molecule has 0 spiro atoms. The van der Waals surface area contributed by atoms with Gasteiger partial charge in [0, 0.05) is 16.6 Å². The Morgan fingerprint density at radius 2 is 2.11 bits per heavy atom. The number of benzene rings is 1. The van der Waals surface area contributed by atoms with E-state index in [2.05, 4.69) is 14.8 Å². The van der Waals surface area contributed by atoms with Gasteiger partial charge in [0.2, 0.25) is 0 Å². The van der Waals surface area contributed by atoms with E-state index in [0.717, 1.165) is 5.16 Å². The fourth-order valence-corrected chi connectivity index (χ4v) is 2.79. The van der Waals surface area contributed by atoms with E-state index in [1.165, 1.54) is 24.6 Å². The molecule has 0 amide bonds. The number of hydrogen-bond acceptors (Lipinski definition) is 4. The van der Waals surface area contributed by atoms with E-state index in [9.17, 15) is 4.79 Å². The Labute approximate surface area is 120 Å². The molecule has 1 aromatic heterocycles. The summed E-state index contributed by atoms with van der Waals surface area (Å²) in [5.74, 6) is 0.444. The molecule has 0 saturated heterocycles. The predicted octanol–water partition coefficient (Wildman–Crippen LogP) is 3.24. The molecule has 3 rings (SSSR count). The van der Waals surface area contributed by atoms with Crippen molar-refractivity contribution in [3.8, 4) is 0 Å². The summed E-state index contributed by atoms with van der Waals surface area (Å²) >= 11 is 7.24. The van der Waals surface area contributed by atoms with Gasteiger partial charge in [-0.3, -0.25) is 4.79 Å². The van der Waals surface area contributed by atoms with Crippen molar-refractivity contribution in [3.05, 3.63) is 41.2 Å². The summed E-state index contributed by atoms with van der Waals surface area (Å²) in [6, 6.07) is 7.48. The fourth-order valence-electron chi connectivity index (χ4n) is 1.79. The molecule has 0 radical (unpaired) electrons. The second kappa shape index (κ2) is 5.35. The Morgan fingerprint density at radius 3 is 2.79 bits per heavy atom. The van der Waals surface area contributed by atoms with Crippen molar-refractivity contribution in [2.75, 3.05) is 5.75 Å². The summed E-state index contributed by atoms with van der Waals surface area (Å²) in [4.78, 5) is 12.0. The molecule has 0 N–H and O–H groups in total. The first-order valence-electron chi connectivity index (χ1n) is 6.05. The lowest BCUT2D eigenvalue weighted by Gasteiger charge is -2.03. The van der Waals surface area contributed by atoms with Crippen LogP contribution in [0, 0.1) is 0 Å². The maximum absolute atomic E-state index is 12.0. The second-order valence-electron chi connectivity index (χ2n) is 4.47. The highest BCUT2D eigenvalue weighted by Crippen LogP contribution is 2.37. The zero-order valence-electron chi connectivity index (χ0n) is 10.1. The zero-order valence-corrected chi connectivity index (χ0v) is 11.7. The Bertz CT molecular complexity index is 592. The predicted molar refractivity (Wildman–Crippen MR) is 74.8 cm³/mol. The standard InChI is InChI=1S/C13H12ClN3OS/c14-10-3-1-9(2-4-10)12(18)7-19-13-16-15-8-17(13)11-5-6-11/h1-4,8,11H,5-7H2. The lowest BCUT2D eigenvalue weighted by atomic mass is 10.1. The molecule has 0 bridgehead atoms. The van der Waals surface area contributed by atoms with Crippen molar-refractivity contribution in [1.29, 1.82) is 0 Å². The van der Waals surface area contributed by atoms with E-state index in [4.69, 9.17) is 11.6 Å². The molecule has 1 aliphatic carbocycles. The van der Waals surface area contributed by atoms with Crippen LogP contribution in [0.4, 0.5) is 0 Å². The maximum atomic E-state index is 12.0. The number of Topliss-reactive ketones (excluding diaryl/α,β-unsaturated/α-hetero) is 1. The first kappa shape index (κ1) is 12.7. The van der Waals surface area contributed by atoms with Gasteiger partial charge in [0.15, 0.2) is 10.9 Å². The largest absolute Gasteiger partial charge is 0.306 e. The normalized spacial score (nSPS) is 14.6. The first-order valence-corrected chi connectivity index (χ1v) is 7.41. The number of rotatable bonds is 5. The van der Waals surface area contributed by atoms with Gasteiger partial charge in [0.25, 0.3) is 0 Å². The zero-order chi connectivity index (χ0) is 13.2. The van der Waals surface area contributed by atoms with E-state index in [-0.39, 0.29) is 5.78 Å². The van der Waals surface area contributed by atoms with Crippen LogP contribution in [0.2, 0.25) is 5.02 Å². The topological polar surface area (TPSA) is 47.8 Å². The van der Waals surface area contributed by atoms with Gasteiger partial charge in [0.1, 0.15) is 6.33 Å². The highest BCUT2D eigenvalue weighted by atomic mass is 35.5. The van der Waals surface area contributed by atoms with Gasteiger partial charge >= 0.3 is 0 Å². The van der Waals surface area contributed by atoms with Crippen LogP contribution in [-0.2, 0) is 0 Å². The van der Waals surface area contributed by atoms with Crippen LogP contribution in [0.25, 0.3) is 0 Å². The molecule has 1 aliphatic rings. The SMILES string of the molecule is O=C(CSc1nncn1C1CC1)c1ccc(Cl)cc1. The van der Waals surface area contributed by atoms with Crippen molar-refractivity contribution in [3.63, 3.8) is 0 Å². The van der Waals surface area contributed by atoms with Crippen molar-refractivity contribution in [1.82, 2.24) is 14.8 Å². The average Bonchev–Trinajstić information content (AvgIpc) is 3.16. The van der Waals surface area contributed by atoms with Crippen molar-refractivity contribution < 1.29 is 4.79 Å². The second-order valence-corrected chi connectivity index (χ2v) is 5.85. The van der Waals surface area contributed by atoms with Crippen LogP contribution in [0.5, 0.6) is 0 Å². The molecule has 2 aromatic rings. The molecular weight excluding hydrogens is 282 g/mol. The lowest BCUT2D eigenvalue weighted by molar-refractivity contribution is 0.102. The van der Waals surface area contributed by atoms with Crippen LogP contribution in [0.3, 0.4) is 0 Å². The third-order valence-corrected chi connectivity index (χ3v) is 4.19. The Morgan fingerprint density at radius 1 is 1.37 bits per heavy atom. The molecule has 1 heterocycles. The summed E-state index contributed by atoms with van der Waals surface area (Å²) in [6.45, 7) is 0. The molecule has 1 fully saturated rings. The van der Waals surface area contributed by atoms with Crippen molar-refractivity contribution in [2.24, 2.45) is 0 Å². The molecule has 0 unspecified atom stereocenters. The summed E-state index contributed by atoms with van der Waals surface area (Å²) in [7, 11) is 0. The number of ketones is 1. The van der Waals surface area contributed by atoms with Crippen LogP contribution in [0.1, 0.15) is 29.2 Å². The van der Waals surface area contributed by atoms with Gasteiger partial charge in [-0.1, -0.05) is 23.4 Å². The highest BCUT2D eigenvalue weighted by Gasteiger charge is 2.26. The number of carbonyl (C=O) groups is 1. The van der Waals surface area contributed by atoms with Gasteiger partial charge in [0.05, 0.1) is 5.75 Å². The van der Waals surface area contributed by atoms with E-state index in [0.29, 0.717) is 22.4 Å². The van der Waals surface area contributed by atoms with Gasteiger partial charge in [-0.05, 0) is 37.1 Å². The molecule has 4 nitrogen and oxygen atoms in total. The minimum Gasteiger partial charge on any atom is -0.306 e. The van der Waals surface area contributed by atoms with Gasteiger partial charge in [-0.15, -0.1) is 10.2 Å². The van der Waals surface area contributed by atoms with Crippen LogP contribution >= 0.6 is 23.4 Å². The molecule has 6 heteroatoms. The number of hydrogen-bond donors (Lipinski definition) is 0. The fraction of sp³-hybridized carbons (Fsp3) is 0.308. The third kappa shape index (κ3) is 2.98. The summed E-state index contributed by atoms with van der Waals surface area (Å²) in [5, 5.41) is 9.43. The van der Waals surface area contributed by atoms with E-state index in [1.807, 2.05) is 0 Å². The maximum Gasteiger partial charge on any atom is 0.191 e. The molecule has 1 aromatic carbocycles.